The first-order chi connectivity index (χ1) is 14.6. The standard InChI is InChI=1S/C23H27N3O4/c1-25(23(28)18-14-17-4-2-3-5-21(17)30-16-18)15-22(27)24-19-6-8-20(9-7-19)26-10-12-29-13-11-26/h2-9,18H,10-16H2,1H3,(H,24,27)/t18-/m1/s1. The molecule has 1 atom stereocenters. The van der Waals surface area contributed by atoms with E-state index in [4.69, 9.17) is 9.47 Å². The molecule has 4 rings (SSSR count). The van der Waals surface area contributed by atoms with Crippen molar-refractivity contribution in [2.45, 2.75) is 6.42 Å². The number of carbonyl (C=O) groups is 2. The number of para-hydroxylation sites is 1. The van der Waals surface area contributed by atoms with Crippen molar-refractivity contribution in [1.82, 2.24) is 4.90 Å². The van der Waals surface area contributed by atoms with E-state index in [1.54, 1.807) is 7.05 Å². The van der Waals surface area contributed by atoms with Gasteiger partial charge in [0.1, 0.15) is 12.4 Å². The van der Waals surface area contributed by atoms with E-state index >= 15 is 0 Å². The van der Waals surface area contributed by atoms with Crippen LogP contribution in [0.1, 0.15) is 5.56 Å². The lowest BCUT2D eigenvalue weighted by atomic mass is 9.95. The van der Waals surface area contributed by atoms with Crippen LogP contribution in [0.4, 0.5) is 11.4 Å². The SMILES string of the molecule is CN(CC(=O)Nc1ccc(N2CCOCC2)cc1)C(=O)[C@H]1COc2ccccc2C1. The summed E-state index contributed by atoms with van der Waals surface area (Å²) in [5.41, 5.74) is 2.86. The van der Waals surface area contributed by atoms with E-state index in [-0.39, 0.29) is 24.3 Å². The lowest BCUT2D eigenvalue weighted by Crippen LogP contribution is -2.42. The summed E-state index contributed by atoms with van der Waals surface area (Å²) >= 11 is 0. The zero-order valence-electron chi connectivity index (χ0n) is 17.2. The third kappa shape index (κ3) is 4.74. The molecule has 2 aliphatic heterocycles. The van der Waals surface area contributed by atoms with Crippen LogP contribution >= 0.6 is 0 Å². The van der Waals surface area contributed by atoms with Gasteiger partial charge in [-0.2, -0.15) is 0 Å². The van der Waals surface area contributed by atoms with Gasteiger partial charge in [0.25, 0.3) is 0 Å². The smallest absolute Gasteiger partial charge is 0.243 e. The molecule has 0 spiro atoms. The van der Waals surface area contributed by atoms with Crippen LogP contribution in [0, 0.1) is 5.92 Å². The molecule has 0 bridgehead atoms. The van der Waals surface area contributed by atoms with Crippen LogP contribution in [0.3, 0.4) is 0 Å². The van der Waals surface area contributed by atoms with Crippen molar-refractivity contribution < 1.29 is 19.1 Å². The molecule has 0 aliphatic carbocycles. The first-order valence-corrected chi connectivity index (χ1v) is 10.3. The fraction of sp³-hybridized carbons (Fsp3) is 0.391. The van der Waals surface area contributed by atoms with Gasteiger partial charge in [-0.05, 0) is 42.3 Å². The molecule has 30 heavy (non-hydrogen) atoms. The number of fused-ring (bicyclic) bond motifs is 1. The number of morpholine rings is 1. The average molecular weight is 409 g/mol. The Morgan fingerprint density at radius 1 is 1.10 bits per heavy atom. The first kappa shape index (κ1) is 20.2. The van der Waals surface area contributed by atoms with Crippen molar-refractivity contribution in [2.24, 2.45) is 5.92 Å². The van der Waals surface area contributed by atoms with Crippen molar-refractivity contribution >= 4 is 23.2 Å². The summed E-state index contributed by atoms with van der Waals surface area (Å²) in [5, 5.41) is 2.87. The monoisotopic (exact) mass is 409 g/mol. The minimum atomic E-state index is -0.273. The molecule has 1 saturated heterocycles. The summed E-state index contributed by atoms with van der Waals surface area (Å²) in [6, 6.07) is 15.5. The Labute approximate surface area is 176 Å². The van der Waals surface area contributed by atoms with E-state index in [0.29, 0.717) is 18.7 Å². The lowest BCUT2D eigenvalue weighted by Gasteiger charge is -2.29. The highest BCUT2D eigenvalue weighted by Crippen LogP contribution is 2.27. The number of rotatable bonds is 5. The lowest BCUT2D eigenvalue weighted by molar-refractivity contribution is -0.138. The van der Waals surface area contributed by atoms with Gasteiger partial charge in [0.15, 0.2) is 0 Å². The summed E-state index contributed by atoms with van der Waals surface area (Å²) < 4.78 is 11.1. The maximum absolute atomic E-state index is 12.8. The van der Waals surface area contributed by atoms with Crippen LogP contribution in [0.5, 0.6) is 5.75 Å². The normalized spacial score (nSPS) is 18.2. The van der Waals surface area contributed by atoms with Crippen molar-refractivity contribution in [3.05, 3.63) is 54.1 Å². The fourth-order valence-electron chi connectivity index (χ4n) is 3.87. The quantitative estimate of drug-likeness (QED) is 0.820. The fourth-order valence-corrected chi connectivity index (χ4v) is 3.87. The number of benzene rings is 2. The number of hydrogen-bond acceptors (Lipinski definition) is 5. The van der Waals surface area contributed by atoms with Crippen LogP contribution in [-0.2, 0) is 20.7 Å². The summed E-state index contributed by atoms with van der Waals surface area (Å²) in [4.78, 5) is 28.9. The third-order valence-corrected chi connectivity index (χ3v) is 5.51. The Kier molecular flexibility index (Phi) is 6.18. The highest BCUT2D eigenvalue weighted by atomic mass is 16.5. The Morgan fingerprint density at radius 3 is 2.60 bits per heavy atom. The van der Waals surface area contributed by atoms with Crippen LogP contribution in [-0.4, -0.2) is 63.2 Å². The molecule has 7 nitrogen and oxygen atoms in total. The van der Waals surface area contributed by atoms with Gasteiger partial charge in [-0.25, -0.2) is 0 Å². The maximum atomic E-state index is 12.8. The zero-order chi connectivity index (χ0) is 20.9. The van der Waals surface area contributed by atoms with E-state index in [1.165, 1.54) is 4.90 Å². The van der Waals surface area contributed by atoms with Gasteiger partial charge in [-0.15, -0.1) is 0 Å². The van der Waals surface area contributed by atoms with E-state index in [1.807, 2.05) is 48.5 Å². The number of anilines is 2. The maximum Gasteiger partial charge on any atom is 0.243 e. The summed E-state index contributed by atoms with van der Waals surface area (Å²) in [6.07, 6.45) is 0.629. The zero-order valence-corrected chi connectivity index (χ0v) is 17.2. The number of nitrogens with zero attached hydrogens (tertiary/aromatic N) is 2. The summed E-state index contributed by atoms with van der Waals surface area (Å²) in [5.74, 6) is 0.261. The number of ether oxygens (including phenoxy) is 2. The van der Waals surface area contributed by atoms with E-state index in [9.17, 15) is 9.59 Å². The van der Waals surface area contributed by atoms with Crippen LogP contribution in [0.2, 0.25) is 0 Å². The second kappa shape index (κ2) is 9.17. The number of likely N-dealkylation sites (N-methyl/N-ethyl adjacent to an activating group) is 1. The first-order valence-electron chi connectivity index (χ1n) is 10.3. The van der Waals surface area contributed by atoms with Crippen LogP contribution in [0.25, 0.3) is 0 Å². The number of hydrogen-bond donors (Lipinski definition) is 1. The molecule has 2 amide bonds. The Hall–Kier alpha value is -3.06. The molecule has 1 fully saturated rings. The molecule has 2 aromatic carbocycles. The Bertz CT molecular complexity index is 894. The van der Waals surface area contributed by atoms with Gasteiger partial charge in [0, 0.05) is 31.5 Å². The molecule has 0 unspecified atom stereocenters. The minimum Gasteiger partial charge on any atom is -0.492 e. The Balaban J connectivity index is 1.28. The van der Waals surface area contributed by atoms with Gasteiger partial charge >= 0.3 is 0 Å². The molecule has 2 heterocycles. The van der Waals surface area contributed by atoms with Gasteiger partial charge in [0.2, 0.25) is 11.8 Å². The minimum absolute atomic E-state index is 0.00218. The molecule has 0 radical (unpaired) electrons. The molecule has 1 N–H and O–H groups in total. The Morgan fingerprint density at radius 2 is 1.83 bits per heavy atom. The predicted octanol–water partition coefficient (Wildman–Crippen LogP) is 2.17. The van der Waals surface area contributed by atoms with Crippen LogP contribution < -0.4 is 15.0 Å². The second-order valence-corrected chi connectivity index (χ2v) is 7.71. The van der Waals surface area contributed by atoms with Crippen molar-refractivity contribution in [3.8, 4) is 5.75 Å². The van der Waals surface area contributed by atoms with Crippen molar-refractivity contribution in [1.29, 1.82) is 0 Å². The van der Waals surface area contributed by atoms with Crippen LogP contribution in [0.15, 0.2) is 48.5 Å². The molecular weight excluding hydrogens is 382 g/mol. The van der Waals surface area contributed by atoms with Gasteiger partial charge in [0.05, 0.1) is 25.7 Å². The molecule has 2 aliphatic rings. The highest BCUT2D eigenvalue weighted by Gasteiger charge is 2.28. The number of nitrogens with one attached hydrogen (secondary N) is 1. The molecular formula is C23H27N3O4. The second-order valence-electron chi connectivity index (χ2n) is 7.71. The molecule has 0 aromatic heterocycles. The number of amides is 2. The van der Waals surface area contributed by atoms with E-state index in [0.717, 1.165) is 43.3 Å². The highest BCUT2D eigenvalue weighted by molar-refractivity contribution is 5.95. The number of carbonyl (C=O) groups excluding carboxylic acids is 2. The summed E-state index contributed by atoms with van der Waals surface area (Å²) in [6.45, 7) is 3.54. The third-order valence-electron chi connectivity index (χ3n) is 5.51. The largest absolute Gasteiger partial charge is 0.492 e. The summed E-state index contributed by atoms with van der Waals surface area (Å²) in [7, 11) is 1.66. The molecule has 7 heteroatoms. The average Bonchev–Trinajstić information content (AvgIpc) is 2.79. The van der Waals surface area contributed by atoms with Crippen molar-refractivity contribution in [2.75, 3.05) is 56.7 Å². The van der Waals surface area contributed by atoms with Gasteiger partial charge in [-0.1, -0.05) is 18.2 Å². The predicted molar refractivity (Wildman–Crippen MR) is 115 cm³/mol. The van der Waals surface area contributed by atoms with Crippen molar-refractivity contribution in [3.63, 3.8) is 0 Å². The van der Waals surface area contributed by atoms with Gasteiger partial charge in [-0.3, -0.25) is 9.59 Å². The van der Waals surface area contributed by atoms with E-state index < -0.39 is 0 Å². The van der Waals surface area contributed by atoms with Gasteiger partial charge < -0.3 is 24.6 Å². The topological polar surface area (TPSA) is 71.1 Å². The molecule has 158 valence electrons. The molecule has 2 aromatic rings. The molecule has 0 saturated carbocycles. The van der Waals surface area contributed by atoms with E-state index in [2.05, 4.69) is 10.2 Å².